The predicted octanol–water partition coefficient (Wildman–Crippen LogP) is 3.39. The molecular weight excluding hydrogens is 248 g/mol. The number of nitrogens with zero attached hydrogens (tertiary/aromatic N) is 3. The summed E-state index contributed by atoms with van der Waals surface area (Å²) in [4.78, 5) is 8.58. The van der Waals surface area contributed by atoms with Gasteiger partial charge in [0, 0.05) is 24.5 Å². The van der Waals surface area contributed by atoms with Crippen LogP contribution in [0.2, 0.25) is 0 Å². The third-order valence-electron chi connectivity index (χ3n) is 3.32. The highest BCUT2D eigenvalue weighted by Crippen LogP contribution is 2.25. The average molecular weight is 266 g/mol. The van der Waals surface area contributed by atoms with Crippen LogP contribution in [-0.2, 0) is 0 Å². The first-order valence-corrected chi connectivity index (χ1v) is 6.63. The van der Waals surface area contributed by atoms with Gasteiger partial charge < -0.3 is 5.32 Å². The second-order valence-corrected chi connectivity index (χ2v) is 4.88. The Labute approximate surface area is 119 Å². The second-order valence-electron chi connectivity index (χ2n) is 4.88. The van der Waals surface area contributed by atoms with Crippen LogP contribution in [0.25, 0.3) is 11.1 Å². The minimum Gasteiger partial charge on any atom is -0.353 e. The van der Waals surface area contributed by atoms with E-state index in [0.717, 1.165) is 11.1 Å². The van der Waals surface area contributed by atoms with Gasteiger partial charge in [0.05, 0.1) is 12.5 Å². The SMILES string of the molecule is Cc1cc(C)c(-c2cnc(NCCC#N)nc2)cc1C. The van der Waals surface area contributed by atoms with Gasteiger partial charge in [-0.15, -0.1) is 0 Å². The molecule has 0 aliphatic carbocycles. The van der Waals surface area contributed by atoms with Crippen molar-refractivity contribution >= 4 is 5.95 Å². The van der Waals surface area contributed by atoms with Gasteiger partial charge in [-0.05, 0) is 43.0 Å². The number of hydrogen-bond donors (Lipinski definition) is 1. The van der Waals surface area contributed by atoms with E-state index in [1.165, 1.54) is 16.7 Å². The van der Waals surface area contributed by atoms with Gasteiger partial charge in [0.15, 0.2) is 0 Å². The summed E-state index contributed by atoms with van der Waals surface area (Å²) in [5, 5.41) is 11.5. The molecule has 20 heavy (non-hydrogen) atoms. The normalized spacial score (nSPS) is 10.1. The van der Waals surface area contributed by atoms with Crippen LogP contribution in [0.5, 0.6) is 0 Å². The van der Waals surface area contributed by atoms with E-state index < -0.39 is 0 Å². The van der Waals surface area contributed by atoms with Crippen LogP contribution in [0.15, 0.2) is 24.5 Å². The highest BCUT2D eigenvalue weighted by Gasteiger charge is 2.06. The quantitative estimate of drug-likeness (QED) is 0.862. The van der Waals surface area contributed by atoms with Gasteiger partial charge in [-0.25, -0.2) is 9.97 Å². The van der Waals surface area contributed by atoms with Crippen LogP contribution in [0.4, 0.5) is 5.95 Å². The molecule has 0 radical (unpaired) electrons. The van der Waals surface area contributed by atoms with Crippen LogP contribution in [-0.4, -0.2) is 16.5 Å². The summed E-state index contributed by atoms with van der Waals surface area (Å²) in [6.45, 7) is 6.89. The fourth-order valence-corrected chi connectivity index (χ4v) is 2.06. The molecule has 4 heteroatoms. The van der Waals surface area contributed by atoms with Crippen molar-refractivity contribution in [2.24, 2.45) is 0 Å². The summed E-state index contributed by atoms with van der Waals surface area (Å²) < 4.78 is 0. The molecule has 0 spiro atoms. The molecule has 1 N–H and O–H groups in total. The number of nitrogens with one attached hydrogen (secondary N) is 1. The highest BCUT2D eigenvalue weighted by molar-refractivity contribution is 5.67. The molecule has 0 atom stereocenters. The van der Waals surface area contributed by atoms with Crippen molar-refractivity contribution in [3.63, 3.8) is 0 Å². The minimum absolute atomic E-state index is 0.446. The lowest BCUT2D eigenvalue weighted by Crippen LogP contribution is -2.04. The van der Waals surface area contributed by atoms with Crippen LogP contribution >= 0.6 is 0 Å². The molecule has 102 valence electrons. The zero-order chi connectivity index (χ0) is 14.5. The number of aromatic nitrogens is 2. The number of anilines is 1. The Kier molecular flexibility index (Phi) is 4.31. The molecule has 2 rings (SSSR count). The Hall–Kier alpha value is -2.41. The second kappa shape index (κ2) is 6.16. The molecule has 4 nitrogen and oxygen atoms in total. The third kappa shape index (κ3) is 3.12. The summed E-state index contributed by atoms with van der Waals surface area (Å²) >= 11 is 0. The van der Waals surface area contributed by atoms with E-state index in [1.54, 1.807) is 0 Å². The number of rotatable bonds is 4. The van der Waals surface area contributed by atoms with Gasteiger partial charge in [-0.3, -0.25) is 0 Å². The molecule has 0 bridgehead atoms. The molecule has 0 aliphatic rings. The van der Waals surface area contributed by atoms with Crippen LogP contribution in [0, 0.1) is 32.1 Å². The van der Waals surface area contributed by atoms with E-state index in [2.05, 4.69) is 54.3 Å². The van der Waals surface area contributed by atoms with Crippen LogP contribution in [0.3, 0.4) is 0 Å². The summed E-state index contributed by atoms with van der Waals surface area (Å²) in [7, 11) is 0. The van der Waals surface area contributed by atoms with Gasteiger partial charge >= 0.3 is 0 Å². The van der Waals surface area contributed by atoms with Gasteiger partial charge in [0.1, 0.15) is 0 Å². The van der Waals surface area contributed by atoms with Gasteiger partial charge in [0.25, 0.3) is 0 Å². The zero-order valence-corrected chi connectivity index (χ0v) is 12.1. The van der Waals surface area contributed by atoms with E-state index in [-0.39, 0.29) is 0 Å². The van der Waals surface area contributed by atoms with E-state index in [9.17, 15) is 0 Å². The predicted molar refractivity (Wildman–Crippen MR) is 80.4 cm³/mol. The maximum Gasteiger partial charge on any atom is 0.222 e. The van der Waals surface area contributed by atoms with Crippen molar-refractivity contribution < 1.29 is 0 Å². The molecule has 0 fully saturated rings. The number of nitriles is 1. The molecule has 2 aromatic rings. The number of benzene rings is 1. The van der Waals surface area contributed by atoms with E-state index in [1.807, 2.05) is 12.4 Å². The Balaban J connectivity index is 2.22. The van der Waals surface area contributed by atoms with E-state index in [4.69, 9.17) is 5.26 Å². The van der Waals surface area contributed by atoms with E-state index >= 15 is 0 Å². The van der Waals surface area contributed by atoms with Crippen LogP contribution in [0.1, 0.15) is 23.1 Å². The topological polar surface area (TPSA) is 61.6 Å². The standard InChI is InChI=1S/C16H18N4/c1-11-7-13(3)15(8-12(11)2)14-9-19-16(20-10-14)18-6-4-5-17/h7-10H,4,6H2,1-3H3,(H,18,19,20). The lowest BCUT2D eigenvalue weighted by Gasteiger charge is -2.10. The summed E-state index contributed by atoms with van der Waals surface area (Å²) in [5.74, 6) is 0.561. The molecule has 1 aromatic carbocycles. The van der Waals surface area contributed by atoms with Crippen LogP contribution < -0.4 is 5.32 Å². The molecule has 0 amide bonds. The third-order valence-corrected chi connectivity index (χ3v) is 3.32. The fourth-order valence-electron chi connectivity index (χ4n) is 2.06. The molecule has 0 unspecified atom stereocenters. The molecular formula is C16H18N4. The Bertz CT molecular complexity index is 639. The Morgan fingerprint density at radius 1 is 1.05 bits per heavy atom. The molecule has 0 saturated carbocycles. The molecule has 0 aliphatic heterocycles. The van der Waals surface area contributed by atoms with Crippen molar-refractivity contribution in [1.29, 1.82) is 5.26 Å². The zero-order valence-electron chi connectivity index (χ0n) is 12.1. The lowest BCUT2D eigenvalue weighted by molar-refractivity contribution is 1.02. The molecule has 1 aromatic heterocycles. The highest BCUT2D eigenvalue weighted by atomic mass is 15.1. The molecule has 1 heterocycles. The molecule has 0 saturated heterocycles. The summed E-state index contributed by atoms with van der Waals surface area (Å²) in [5.41, 5.74) is 5.96. The number of hydrogen-bond acceptors (Lipinski definition) is 4. The van der Waals surface area contributed by atoms with Crippen molar-refractivity contribution in [2.45, 2.75) is 27.2 Å². The number of aryl methyl sites for hydroxylation is 3. The summed E-state index contributed by atoms with van der Waals surface area (Å²) in [6.07, 6.45) is 4.08. The maximum absolute atomic E-state index is 8.49. The van der Waals surface area contributed by atoms with Crippen molar-refractivity contribution in [3.05, 3.63) is 41.2 Å². The monoisotopic (exact) mass is 266 g/mol. The first kappa shape index (κ1) is 14.0. The summed E-state index contributed by atoms with van der Waals surface area (Å²) in [6, 6.07) is 6.43. The first-order valence-electron chi connectivity index (χ1n) is 6.63. The first-order chi connectivity index (χ1) is 9.61. The van der Waals surface area contributed by atoms with Gasteiger partial charge in [-0.1, -0.05) is 12.1 Å². The Morgan fingerprint density at radius 3 is 2.35 bits per heavy atom. The Morgan fingerprint density at radius 2 is 1.70 bits per heavy atom. The lowest BCUT2D eigenvalue weighted by atomic mass is 9.97. The smallest absolute Gasteiger partial charge is 0.222 e. The van der Waals surface area contributed by atoms with Crippen molar-refractivity contribution in [2.75, 3.05) is 11.9 Å². The fraction of sp³-hybridized carbons (Fsp3) is 0.312. The largest absolute Gasteiger partial charge is 0.353 e. The van der Waals surface area contributed by atoms with Gasteiger partial charge in [0.2, 0.25) is 5.95 Å². The maximum atomic E-state index is 8.49. The van der Waals surface area contributed by atoms with E-state index in [0.29, 0.717) is 18.9 Å². The average Bonchev–Trinajstić information content (AvgIpc) is 2.44. The van der Waals surface area contributed by atoms with Crippen molar-refractivity contribution in [1.82, 2.24) is 9.97 Å². The minimum atomic E-state index is 0.446. The van der Waals surface area contributed by atoms with Crippen molar-refractivity contribution in [3.8, 4) is 17.2 Å². The van der Waals surface area contributed by atoms with Gasteiger partial charge in [-0.2, -0.15) is 5.26 Å².